The van der Waals surface area contributed by atoms with E-state index in [1.54, 1.807) is 15.8 Å². The van der Waals surface area contributed by atoms with Crippen LogP contribution in [0.15, 0.2) is 66.9 Å². The lowest BCUT2D eigenvalue weighted by molar-refractivity contribution is 0.0642. The number of hydrogen-bond acceptors (Lipinski definition) is 4. The number of ether oxygens (including phenoxy) is 1. The third-order valence-corrected chi connectivity index (χ3v) is 5.34. The Hall–Kier alpha value is -3.41. The summed E-state index contributed by atoms with van der Waals surface area (Å²) in [6.07, 6.45) is 3.02. The number of carbonyl (C=O) groups is 2. The molecule has 4 rings (SSSR count). The van der Waals surface area contributed by atoms with Crippen molar-refractivity contribution in [1.29, 1.82) is 0 Å². The van der Waals surface area contributed by atoms with Crippen LogP contribution in [-0.4, -0.2) is 46.6 Å². The molecule has 1 fully saturated rings. The number of likely N-dealkylation sites (tertiary alicyclic amines) is 1. The van der Waals surface area contributed by atoms with E-state index >= 15 is 0 Å². The number of aromatic nitrogens is 2. The van der Waals surface area contributed by atoms with E-state index in [0.29, 0.717) is 37.4 Å². The summed E-state index contributed by atoms with van der Waals surface area (Å²) in [5, 5.41) is 4.46. The lowest BCUT2D eigenvalue weighted by Crippen LogP contribution is -2.40. The van der Waals surface area contributed by atoms with Gasteiger partial charge in [-0.1, -0.05) is 48.5 Å². The molecule has 1 aliphatic rings. The molecule has 1 aromatic heterocycles. The Labute approximate surface area is 169 Å². The van der Waals surface area contributed by atoms with Gasteiger partial charge in [0, 0.05) is 24.6 Å². The maximum absolute atomic E-state index is 13.1. The first-order valence-electron chi connectivity index (χ1n) is 9.75. The van der Waals surface area contributed by atoms with Gasteiger partial charge < -0.3 is 9.64 Å². The number of nitrogens with zero attached hydrogens (tertiary/aromatic N) is 3. The van der Waals surface area contributed by atoms with E-state index in [9.17, 15) is 9.59 Å². The summed E-state index contributed by atoms with van der Waals surface area (Å²) < 4.78 is 7.04. The number of benzene rings is 2. The first kappa shape index (κ1) is 18.9. The first-order valence-corrected chi connectivity index (χ1v) is 9.75. The molecular formula is C23H23N3O3. The molecule has 0 bridgehead atoms. The van der Waals surface area contributed by atoms with Crippen molar-refractivity contribution in [2.75, 3.05) is 20.2 Å². The number of carbonyl (C=O) groups excluding carboxylic acids is 2. The average Bonchev–Trinajstić information content (AvgIpc) is 3.24. The second-order valence-electron chi connectivity index (χ2n) is 7.12. The van der Waals surface area contributed by atoms with Gasteiger partial charge in [-0.3, -0.25) is 9.59 Å². The van der Waals surface area contributed by atoms with Crippen LogP contribution in [0.1, 0.15) is 33.7 Å². The quantitative estimate of drug-likeness (QED) is 0.625. The summed E-state index contributed by atoms with van der Waals surface area (Å²) in [6.45, 7) is 1.06. The predicted molar refractivity (Wildman–Crippen MR) is 110 cm³/mol. The van der Waals surface area contributed by atoms with E-state index in [-0.39, 0.29) is 17.6 Å². The third kappa shape index (κ3) is 3.92. The van der Waals surface area contributed by atoms with Gasteiger partial charge >= 0.3 is 0 Å². The number of ketones is 1. The van der Waals surface area contributed by atoms with Crippen LogP contribution in [0.25, 0.3) is 5.69 Å². The topological polar surface area (TPSA) is 64.4 Å². The third-order valence-electron chi connectivity index (χ3n) is 5.34. The van der Waals surface area contributed by atoms with E-state index in [4.69, 9.17) is 4.74 Å². The average molecular weight is 389 g/mol. The SMILES string of the molecule is COc1cn(-c2ccccc2)nc1C(=O)N1CCC(C(=O)c2ccccc2)CC1. The zero-order valence-corrected chi connectivity index (χ0v) is 16.3. The van der Waals surface area contributed by atoms with E-state index in [2.05, 4.69) is 5.10 Å². The molecular weight excluding hydrogens is 366 g/mol. The van der Waals surface area contributed by atoms with Gasteiger partial charge in [0.15, 0.2) is 17.2 Å². The molecule has 2 heterocycles. The van der Waals surface area contributed by atoms with Crippen LogP contribution in [0.4, 0.5) is 0 Å². The zero-order valence-electron chi connectivity index (χ0n) is 16.3. The molecule has 3 aromatic rings. The number of para-hydroxylation sites is 1. The van der Waals surface area contributed by atoms with E-state index in [1.807, 2.05) is 60.7 Å². The Balaban J connectivity index is 1.46. The molecule has 29 heavy (non-hydrogen) atoms. The fraction of sp³-hybridized carbons (Fsp3) is 0.261. The molecule has 0 saturated carbocycles. The zero-order chi connectivity index (χ0) is 20.2. The van der Waals surface area contributed by atoms with Crippen LogP contribution in [0.5, 0.6) is 5.75 Å². The minimum Gasteiger partial charge on any atom is -0.493 e. The molecule has 1 amide bonds. The van der Waals surface area contributed by atoms with Gasteiger partial charge in [0.25, 0.3) is 5.91 Å². The number of methoxy groups -OCH3 is 1. The Morgan fingerprint density at radius 2 is 1.59 bits per heavy atom. The van der Waals surface area contributed by atoms with Gasteiger partial charge in [-0.05, 0) is 25.0 Å². The summed E-state index contributed by atoms with van der Waals surface area (Å²) in [6, 6.07) is 18.9. The van der Waals surface area contributed by atoms with Gasteiger partial charge in [-0.2, -0.15) is 5.10 Å². The van der Waals surface area contributed by atoms with Crippen LogP contribution < -0.4 is 4.74 Å². The van der Waals surface area contributed by atoms with Crippen molar-refractivity contribution in [2.45, 2.75) is 12.8 Å². The Morgan fingerprint density at radius 3 is 2.21 bits per heavy atom. The molecule has 1 aliphatic heterocycles. The monoisotopic (exact) mass is 389 g/mol. The molecule has 1 saturated heterocycles. The van der Waals surface area contributed by atoms with Crippen molar-refractivity contribution in [1.82, 2.24) is 14.7 Å². The second kappa shape index (κ2) is 8.31. The van der Waals surface area contributed by atoms with E-state index in [1.165, 1.54) is 7.11 Å². The first-order chi connectivity index (χ1) is 14.2. The van der Waals surface area contributed by atoms with Crippen molar-refractivity contribution in [3.63, 3.8) is 0 Å². The van der Waals surface area contributed by atoms with Crippen LogP contribution in [0.2, 0.25) is 0 Å². The molecule has 148 valence electrons. The molecule has 0 radical (unpaired) electrons. The normalized spacial score (nSPS) is 14.6. The Kier molecular flexibility index (Phi) is 5.42. The Morgan fingerprint density at radius 1 is 0.966 bits per heavy atom. The highest BCUT2D eigenvalue weighted by Gasteiger charge is 2.30. The minimum atomic E-state index is -0.165. The summed E-state index contributed by atoms with van der Waals surface area (Å²) >= 11 is 0. The highest BCUT2D eigenvalue weighted by atomic mass is 16.5. The van der Waals surface area contributed by atoms with E-state index < -0.39 is 0 Å². The maximum atomic E-state index is 13.1. The highest BCUT2D eigenvalue weighted by Crippen LogP contribution is 2.26. The van der Waals surface area contributed by atoms with Crippen molar-refractivity contribution in [3.8, 4) is 11.4 Å². The van der Waals surface area contributed by atoms with Crippen molar-refractivity contribution >= 4 is 11.7 Å². The maximum Gasteiger partial charge on any atom is 0.278 e. The summed E-state index contributed by atoms with van der Waals surface area (Å²) in [4.78, 5) is 27.5. The highest BCUT2D eigenvalue weighted by molar-refractivity contribution is 5.98. The van der Waals surface area contributed by atoms with Crippen molar-refractivity contribution in [2.24, 2.45) is 5.92 Å². The number of amides is 1. The van der Waals surface area contributed by atoms with Crippen molar-refractivity contribution in [3.05, 3.63) is 78.1 Å². The predicted octanol–water partition coefficient (Wildman–Crippen LogP) is 3.62. The number of Topliss-reactive ketones (excluding diaryl/α,β-unsaturated/α-hetero) is 1. The fourth-order valence-electron chi connectivity index (χ4n) is 3.70. The second-order valence-corrected chi connectivity index (χ2v) is 7.12. The molecule has 0 spiro atoms. The van der Waals surface area contributed by atoms with Gasteiger partial charge in [0.1, 0.15) is 0 Å². The van der Waals surface area contributed by atoms with Crippen molar-refractivity contribution < 1.29 is 14.3 Å². The van der Waals surface area contributed by atoms with Gasteiger partial charge in [0.2, 0.25) is 0 Å². The van der Waals surface area contributed by atoms with Crippen LogP contribution in [0, 0.1) is 5.92 Å². The van der Waals surface area contributed by atoms with E-state index in [0.717, 1.165) is 11.3 Å². The molecule has 2 aromatic carbocycles. The number of rotatable bonds is 5. The Bertz CT molecular complexity index is 991. The molecule has 6 heteroatoms. The minimum absolute atomic E-state index is 0.0507. The largest absolute Gasteiger partial charge is 0.493 e. The molecule has 0 N–H and O–H groups in total. The summed E-state index contributed by atoms with van der Waals surface area (Å²) in [5.74, 6) is 0.386. The number of hydrogen-bond donors (Lipinski definition) is 0. The fourth-order valence-corrected chi connectivity index (χ4v) is 3.70. The smallest absolute Gasteiger partial charge is 0.278 e. The number of piperidine rings is 1. The van der Waals surface area contributed by atoms with Gasteiger partial charge in [-0.15, -0.1) is 0 Å². The van der Waals surface area contributed by atoms with Gasteiger partial charge in [0.05, 0.1) is 19.0 Å². The molecule has 6 nitrogen and oxygen atoms in total. The lowest BCUT2D eigenvalue weighted by Gasteiger charge is -2.31. The summed E-state index contributed by atoms with van der Waals surface area (Å²) in [5.41, 5.74) is 1.89. The standard InChI is InChI=1S/C23H23N3O3/c1-29-20-16-26(19-10-6-3-7-11-19)24-21(20)23(28)25-14-12-18(13-15-25)22(27)17-8-4-2-5-9-17/h2-11,16,18H,12-15H2,1H3. The van der Waals surface area contributed by atoms with Crippen LogP contribution >= 0.6 is 0 Å². The molecule has 0 unspecified atom stereocenters. The lowest BCUT2D eigenvalue weighted by atomic mass is 9.89. The molecule has 0 atom stereocenters. The van der Waals surface area contributed by atoms with Gasteiger partial charge in [-0.25, -0.2) is 4.68 Å². The van der Waals surface area contributed by atoms with Crippen LogP contribution in [-0.2, 0) is 0 Å². The van der Waals surface area contributed by atoms with Crippen LogP contribution in [0.3, 0.4) is 0 Å². The summed E-state index contributed by atoms with van der Waals surface area (Å²) in [7, 11) is 1.54. The molecule has 0 aliphatic carbocycles.